The average molecular weight is 524 g/mol. The Kier molecular flexibility index (Phi) is 8.22. The van der Waals surface area contributed by atoms with E-state index >= 15 is 0 Å². The topological polar surface area (TPSA) is 129 Å². The van der Waals surface area contributed by atoms with Gasteiger partial charge in [-0.2, -0.15) is 5.10 Å². The number of aromatic nitrogens is 5. The first-order valence-electron chi connectivity index (χ1n) is 12.6. The van der Waals surface area contributed by atoms with Crippen LogP contribution in [0.2, 0.25) is 0 Å². The van der Waals surface area contributed by atoms with Crippen LogP contribution in [0.4, 0.5) is 0 Å². The summed E-state index contributed by atoms with van der Waals surface area (Å²) in [6.45, 7) is 6.32. The molecule has 0 radical (unpaired) electrons. The normalized spacial score (nSPS) is 12.2. The highest BCUT2D eigenvalue weighted by Crippen LogP contribution is 2.28. The summed E-state index contributed by atoms with van der Waals surface area (Å²) < 4.78 is 2.31. The van der Waals surface area contributed by atoms with Gasteiger partial charge in [0, 0.05) is 30.0 Å². The Bertz CT molecular complexity index is 1420. The van der Waals surface area contributed by atoms with Crippen LogP contribution >= 0.6 is 11.3 Å². The van der Waals surface area contributed by atoms with Crippen molar-refractivity contribution in [2.75, 3.05) is 7.05 Å². The zero-order chi connectivity index (χ0) is 26.5. The number of amides is 2. The highest BCUT2D eigenvalue weighted by Gasteiger charge is 2.25. The lowest BCUT2D eigenvalue weighted by Crippen LogP contribution is -2.46. The van der Waals surface area contributed by atoms with Crippen molar-refractivity contribution < 1.29 is 9.59 Å². The van der Waals surface area contributed by atoms with Crippen LogP contribution in [0.25, 0.3) is 11.0 Å². The fraction of sp³-hybridized carbons (Fsp3) is 0.423. The summed E-state index contributed by atoms with van der Waals surface area (Å²) in [4.78, 5) is 47.5. The molecule has 1 atom stereocenters. The number of imidazole rings is 1. The molecule has 0 aliphatic heterocycles. The molecule has 0 aliphatic carbocycles. The van der Waals surface area contributed by atoms with Crippen LogP contribution in [0.1, 0.15) is 73.0 Å². The van der Waals surface area contributed by atoms with Crippen LogP contribution in [0.5, 0.6) is 0 Å². The molecule has 196 valence electrons. The third-order valence-electron chi connectivity index (χ3n) is 6.57. The lowest BCUT2D eigenvalue weighted by Gasteiger charge is -2.23. The van der Waals surface area contributed by atoms with E-state index in [1.165, 1.54) is 9.78 Å². The fourth-order valence-corrected chi connectivity index (χ4v) is 5.28. The van der Waals surface area contributed by atoms with Gasteiger partial charge in [0.05, 0.1) is 17.6 Å². The number of fused-ring (bicyclic) bond motifs is 1. The molecule has 10 nitrogen and oxygen atoms in total. The van der Waals surface area contributed by atoms with Gasteiger partial charge in [0.25, 0.3) is 5.91 Å². The molecule has 4 rings (SSSR count). The number of rotatable bonds is 11. The molecule has 0 spiro atoms. The molecule has 1 aromatic carbocycles. The van der Waals surface area contributed by atoms with Gasteiger partial charge in [-0.15, -0.1) is 11.3 Å². The smallest absolute Gasteiger partial charge is 0.340 e. The average Bonchev–Trinajstić information content (AvgIpc) is 3.63. The highest BCUT2D eigenvalue weighted by molar-refractivity contribution is 7.09. The lowest BCUT2D eigenvalue weighted by molar-refractivity contribution is -0.132. The number of thiophene rings is 1. The number of aromatic amines is 2. The second kappa shape index (κ2) is 11.5. The number of nitrogens with one attached hydrogen (secondary N) is 3. The number of hydrogen-bond acceptors (Lipinski definition) is 6. The second-order valence-corrected chi connectivity index (χ2v) is 10.1. The van der Waals surface area contributed by atoms with Crippen LogP contribution in [-0.4, -0.2) is 54.5 Å². The maximum Gasteiger partial charge on any atom is 0.340 e. The van der Waals surface area contributed by atoms with Gasteiger partial charge in [-0.3, -0.25) is 14.6 Å². The maximum atomic E-state index is 13.2. The van der Waals surface area contributed by atoms with Crippen LogP contribution in [0, 0.1) is 0 Å². The standard InChI is InChI=1S/C26H33N7O3S/c1-5-17(6-2)33-21-11-10-16(13-20(21)27-23(33)14-18-9-8-12-37-18)24(34)28-19(7-3)25(35)32(4)15-22-29-26(36)31-30-22/h8-13,17,19H,5-7,14-15H2,1-4H3,(H,28,34)(H2,29,30,31,36)/t19-/m0/s1. The molecule has 0 fully saturated rings. The second-order valence-electron chi connectivity index (χ2n) is 9.08. The van der Waals surface area contributed by atoms with E-state index in [1.807, 2.05) is 19.1 Å². The van der Waals surface area contributed by atoms with E-state index in [2.05, 4.69) is 50.4 Å². The van der Waals surface area contributed by atoms with Crippen molar-refractivity contribution in [3.63, 3.8) is 0 Å². The molecule has 0 unspecified atom stereocenters. The molecule has 0 saturated carbocycles. The molecular formula is C26H33N7O3S. The van der Waals surface area contributed by atoms with E-state index in [0.717, 1.165) is 36.1 Å². The molecule has 37 heavy (non-hydrogen) atoms. The first kappa shape index (κ1) is 26.3. The van der Waals surface area contributed by atoms with Crippen molar-refractivity contribution >= 4 is 34.2 Å². The van der Waals surface area contributed by atoms with E-state index in [9.17, 15) is 14.4 Å². The number of hydrogen-bond donors (Lipinski definition) is 3. The van der Waals surface area contributed by atoms with Crippen LogP contribution in [0.15, 0.2) is 40.5 Å². The Labute approximate surface area is 219 Å². The number of likely N-dealkylation sites (N-methyl/N-ethyl adjacent to an activating group) is 1. The minimum Gasteiger partial charge on any atom is -0.340 e. The van der Waals surface area contributed by atoms with E-state index in [-0.39, 0.29) is 18.4 Å². The van der Waals surface area contributed by atoms with Crippen LogP contribution < -0.4 is 11.0 Å². The Morgan fingerprint density at radius 3 is 2.57 bits per heavy atom. The van der Waals surface area contributed by atoms with E-state index in [4.69, 9.17) is 4.98 Å². The zero-order valence-electron chi connectivity index (χ0n) is 21.6. The molecule has 0 saturated heterocycles. The van der Waals surface area contributed by atoms with Crippen LogP contribution in [-0.2, 0) is 17.8 Å². The van der Waals surface area contributed by atoms with Crippen LogP contribution in [0.3, 0.4) is 0 Å². The van der Waals surface area contributed by atoms with Gasteiger partial charge in [0.1, 0.15) is 11.9 Å². The van der Waals surface area contributed by atoms with Crippen molar-refractivity contribution in [2.45, 2.75) is 65.1 Å². The summed E-state index contributed by atoms with van der Waals surface area (Å²) in [5.41, 5.74) is 1.80. The van der Waals surface area contributed by atoms with Gasteiger partial charge in [-0.25, -0.2) is 14.9 Å². The van der Waals surface area contributed by atoms with Crippen molar-refractivity contribution in [2.24, 2.45) is 0 Å². The first-order valence-corrected chi connectivity index (χ1v) is 13.4. The molecule has 0 aliphatic rings. The maximum absolute atomic E-state index is 13.2. The molecule has 3 N–H and O–H groups in total. The number of H-pyrrole nitrogens is 2. The summed E-state index contributed by atoms with van der Waals surface area (Å²) in [5.74, 6) is 0.736. The van der Waals surface area contributed by atoms with Gasteiger partial charge >= 0.3 is 5.69 Å². The van der Waals surface area contributed by atoms with E-state index < -0.39 is 11.7 Å². The number of carbonyl (C=O) groups excluding carboxylic acids is 2. The third-order valence-corrected chi connectivity index (χ3v) is 7.45. The Hall–Kier alpha value is -3.73. The predicted octanol–water partition coefficient (Wildman–Crippen LogP) is 3.63. The number of benzene rings is 1. The predicted molar refractivity (Wildman–Crippen MR) is 144 cm³/mol. The zero-order valence-corrected chi connectivity index (χ0v) is 22.4. The van der Waals surface area contributed by atoms with Crippen molar-refractivity contribution in [1.82, 2.24) is 34.9 Å². The Morgan fingerprint density at radius 2 is 1.95 bits per heavy atom. The lowest BCUT2D eigenvalue weighted by atomic mass is 10.1. The van der Waals surface area contributed by atoms with E-state index in [1.54, 1.807) is 30.5 Å². The summed E-state index contributed by atoms with van der Waals surface area (Å²) in [7, 11) is 1.61. The summed E-state index contributed by atoms with van der Waals surface area (Å²) >= 11 is 1.71. The number of nitrogens with zero attached hydrogens (tertiary/aromatic N) is 4. The molecule has 2 amide bonds. The first-order chi connectivity index (χ1) is 17.8. The Balaban J connectivity index is 1.55. The summed E-state index contributed by atoms with van der Waals surface area (Å²) in [6, 6.07) is 9.32. The van der Waals surface area contributed by atoms with E-state index in [0.29, 0.717) is 23.9 Å². The van der Waals surface area contributed by atoms with Gasteiger partial charge in [0.15, 0.2) is 5.82 Å². The van der Waals surface area contributed by atoms with Gasteiger partial charge in [-0.1, -0.05) is 26.8 Å². The van der Waals surface area contributed by atoms with Gasteiger partial charge in [-0.05, 0) is 48.9 Å². The van der Waals surface area contributed by atoms with Crippen molar-refractivity contribution in [3.05, 3.63) is 68.3 Å². The molecular weight excluding hydrogens is 490 g/mol. The Morgan fingerprint density at radius 1 is 1.16 bits per heavy atom. The SMILES string of the molecule is CCC(CC)n1c(Cc2cccs2)nc2cc(C(=O)N[C@@H](CC)C(=O)N(C)Cc3n[nH]c(=O)[nH]3)ccc21. The molecule has 4 aromatic rings. The molecule has 0 bridgehead atoms. The monoisotopic (exact) mass is 523 g/mol. The third kappa shape index (κ3) is 5.82. The summed E-state index contributed by atoms with van der Waals surface area (Å²) in [6.07, 6.45) is 3.14. The van der Waals surface area contributed by atoms with Gasteiger partial charge < -0.3 is 14.8 Å². The molecule has 3 heterocycles. The highest BCUT2D eigenvalue weighted by atomic mass is 32.1. The largest absolute Gasteiger partial charge is 0.340 e. The minimum absolute atomic E-state index is 0.121. The summed E-state index contributed by atoms with van der Waals surface area (Å²) in [5, 5.41) is 11.0. The number of carbonyl (C=O) groups is 2. The van der Waals surface area contributed by atoms with Gasteiger partial charge in [0.2, 0.25) is 5.91 Å². The van der Waals surface area contributed by atoms with Crippen molar-refractivity contribution in [3.8, 4) is 0 Å². The fourth-order valence-electron chi connectivity index (χ4n) is 4.57. The quantitative estimate of drug-likeness (QED) is 0.277. The minimum atomic E-state index is -0.713. The molecule has 3 aromatic heterocycles. The molecule has 11 heteroatoms. The van der Waals surface area contributed by atoms with Crippen molar-refractivity contribution in [1.29, 1.82) is 0 Å².